The van der Waals surface area contributed by atoms with E-state index in [1.165, 1.54) is 5.56 Å². The van der Waals surface area contributed by atoms with Crippen molar-refractivity contribution in [3.63, 3.8) is 0 Å². The second kappa shape index (κ2) is 15.8. The Hall–Kier alpha value is -1.06. The second-order valence-electron chi connectivity index (χ2n) is 6.86. The van der Waals surface area contributed by atoms with Crippen molar-refractivity contribution in [2.75, 3.05) is 53.7 Å². The molecule has 0 aromatic heterocycles. The molecule has 1 fully saturated rings. The Morgan fingerprint density at radius 1 is 1.11 bits per heavy atom. The Kier molecular flexibility index (Phi) is 14.1. The molecular weight excluding hydrogens is 469 g/mol. The van der Waals surface area contributed by atoms with Crippen LogP contribution in [-0.2, 0) is 15.9 Å². The Morgan fingerprint density at radius 3 is 2.43 bits per heavy atom. The summed E-state index contributed by atoms with van der Waals surface area (Å²) in [5, 5.41) is 6.71. The van der Waals surface area contributed by atoms with Crippen LogP contribution in [0.1, 0.15) is 31.2 Å². The van der Waals surface area contributed by atoms with Crippen molar-refractivity contribution in [1.29, 1.82) is 0 Å². The molecule has 1 aliphatic heterocycles. The molecule has 1 aliphatic rings. The van der Waals surface area contributed by atoms with E-state index in [-0.39, 0.29) is 24.0 Å². The first kappa shape index (κ1) is 25.0. The predicted octanol–water partition coefficient (Wildman–Crippen LogP) is 3.24. The van der Waals surface area contributed by atoms with Gasteiger partial charge < -0.3 is 24.8 Å². The molecule has 0 spiro atoms. The minimum atomic E-state index is 0. The molecule has 160 valence electrons. The molecule has 1 saturated heterocycles. The van der Waals surface area contributed by atoms with Crippen molar-refractivity contribution < 1.29 is 14.2 Å². The molecule has 0 aliphatic carbocycles. The van der Waals surface area contributed by atoms with Gasteiger partial charge in [0.25, 0.3) is 0 Å². The van der Waals surface area contributed by atoms with Crippen LogP contribution in [-0.4, -0.2) is 59.6 Å². The monoisotopic (exact) mass is 505 g/mol. The van der Waals surface area contributed by atoms with Gasteiger partial charge in [0.15, 0.2) is 5.96 Å². The molecule has 0 bridgehead atoms. The third-order valence-electron chi connectivity index (χ3n) is 4.77. The number of hydrogen-bond donors (Lipinski definition) is 2. The van der Waals surface area contributed by atoms with E-state index in [9.17, 15) is 0 Å². The van der Waals surface area contributed by atoms with Crippen molar-refractivity contribution in [2.45, 2.75) is 32.1 Å². The number of rotatable bonds is 11. The first-order valence-electron chi connectivity index (χ1n) is 10.0. The number of benzene rings is 1. The Labute approximate surface area is 186 Å². The van der Waals surface area contributed by atoms with E-state index in [1.807, 2.05) is 12.1 Å². The number of nitrogens with one attached hydrogen (secondary N) is 2. The Bertz CT molecular complexity index is 534. The Balaban J connectivity index is 0.00000392. The van der Waals surface area contributed by atoms with E-state index in [1.54, 1.807) is 14.2 Å². The van der Waals surface area contributed by atoms with Crippen LogP contribution in [0.3, 0.4) is 0 Å². The van der Waals surface area contributed by atoms with Crippen LogP contribution in [0.5, 0.6) is 5.75 Å². The summed E-state index contributed by atoms with van der Waals surface area (Å²) in [7, 11) is 3.50. The van der Waals surface area contributed by atoms with Crippen LogP contribution in [0.4, 0.5) is 0 Å². The van der Waals surface area contributed by atoms with Crippen molar-refractivity contribution in [2.24, 2.45) is 10.9 Å². The minimum Gasteiger partial charge on any atom is -0.497 e. The summed E-state index contributed by atoms with van der Waals surface area (Å²) in [6, 6.07) is 8.25. The van der Waals surface area contributed by atoms with Gasteiger partial charge in [0.05, 0.1) is 7.11 Å². The molecule has 6 nitrogen and oxygen atoms in total. The van der Waals surface area contributed by atoms with Crippen molar-refractivity contribution in [3.05, 3.63) is 29.8 Å². The zero-order chi connectivity index (χ0) is 19.2. The zero-order valence-corrected chi connectivity index (χ0v) is 19.6. The second-order valence-corrected chi connectivity index (χ2v) is 6.86. The van der Waals surface area contributed by atoms with Gasteiger partial charge in [-0.1, -0.05) is 12.1 Å². The van der Waals surface area contributed by atoms with Gasteiger partial charge in [0.2, 0.25) is 0 Å². The standard InChI is InChI=1S/C21H35N3O3.HI/c1-22-21(23-12-3-5-18-6-8-20(25-2)9-7-18)24-13-4-14-27-17-19-10-15-26-16-11-19;/h6-9,19H,3-5,10-17H2,1-2H3,(H2,22,23,24);1H. The maximum atomic E-state index is 5.79. The predicted molar refractivity (Wildman–Crippen MR) is 125 cm³/mol. The number of hydrogen-bond acceptors (Lipinski definition) is 4. The van der Waals surface area contributed by atoms with Crippen LogP contribution in [0.15, 0.2) is 29.3 Å². The van der Waals surface area contributed by atoms with Gasteiger partial charge >= 0.3 is 0 Å². The summed E-state index contributed by atoms with van der Waals surface area (Å²) in [5.74, 6) is 2.43. The van der Waals surface area contributed by atoms with Gasteiger partial charge in [0.1, 0.15) is 5.75 Å². The maximum absolute atomic E-state index is 5.79. The van der Waals surface area contributed by atoms with Crippen LogP contribution in [0, 0.1) is 5.92 Å². The van der Waals surface area contributed by atoms with Gasteiger partial charge in [-0.3, -0.25) is 4.99 Å². The van der Waals surface area contributed by atoms with Gasteiger partial charge in [-0.25, -0.2) is 0 Å². The van der Waals surface area contributed by atoms with Gasteiger partial charge in [-0.05, 0) is 55.7 Å². The average Bonchev–Trinajstić information content (AvgIpc) is 2.73. The summed E-state index contributed by atoms with van der Waals surface area (Å²) in [4.78, 5) is 4.27. The van der Waals surface area contributed by atoms with E-state index in [0.29, 0.717) is 5.92 Å². The van der Waals surface area contributed by atoms with Crippen molar-refractivity contribution in [3.8, 4) is 5.75 Å². The molecule has 1 heterocycles. The minimum absolute atomic E-state index is 0. The molecule has 0 unspecified atom stereocenters. The van der Waals surface area contributed by atoms with E-state index in [2.05, 4.69) is 27.8 Å². The SMILES string of the molecule is CN=C(NCCCOCC1CCOCC1)NCCCc1ccc(OC)cc1.I. The van der Waals surface area contributed by atoms with E-state index in [4.69, 9.17) is 14.2 Å². The topological polar surface area (TPSA) is 64.1 Å². The van der Waals surface area contributed by atoms with E-state index in [0.717, 1.165) is 83.3 Å². The van der Waals surface area contributed by atoms with Crippen molar-refractivity contribution >= 4 is 29.9 Å². The smallest absolute Gasteiger partial charge is 0.190 e. The molecule has 0 amide bonds. The molecule has 2 rings (SSSR count). The fourth-order valence-corrected chi connectivity index (χ4v) is 3.06. The number of aryl methyl sites for hydroxylation is 1. The summed E-state index contributed by atoms with van der Waals surface area (Å²) >= 11 is 0. The van der Waals surface area contributed by atoms with Crippen LogP contribution < -0.4 is 15.4 Å². The third-order valence-corrected chi connectivity index (χ3v) is 4.77. The average molecular weight is 505 g/mol. The number of methoxy groups -OCH3 is 1. The van der Waals surface area contributed by atoms with Gasteiger partial charge in [0, 0.05) is 46.6 Å². The number of aliphatic imine (C=N–C) groups is 1. The van der Waals surface area contributed by atoms with Gasteiger partial charge in [-0.2, -0.15) is 0 Å². The van der Waals surface area contributed by atoms with Crippen LogP contribution in [0.25, 0.3) is 0 Å². The van der Waals surface area contributed by atoms with Crippen molar-refractivity contribution in [1.82, 2.24) is 10.6 Å². The highest BCUT2D eigenvalue weighted by Gasteiger charge is 2.13. The van der Waals surface area contributed by atoms with E-state index >= 15 is 0 Å². The lowest BCUT2D eigenvalue weighted by atomic mass is 10.0. The quantitative estimate of drug-likeness (QED) is 0.209. The highest BCUT2D eigenvalue weighted by molar-refractivity contribution is 14.0. The Morgan fingerprint density at radius 2 is 1.79 bits per heavy atom. The molecule has 2 N–H and O–H groups in total. The molecule has 7 heteroatoms. The third kappa shape index (κ3) is 10.5. The lowest BCUT2D eigenvalue weighted by Crippen LogP contribution is -2.38. The first-order valence-corrected chi connectivity index (χ1v) is 10.0. The number of guanidine groups is 1. The number of ether oxygens (including phenoxy) is 3. The normalized spacial score (nSPS) is 15.0. The molecule has 1 aromatic rings. The maximum Gasteiger partial charge on any atom is 0.190 e. The lowest BCUT2D eigenvalue weighted by Gasteiger charge is -2.21. The molecular formula is C21H36IN3O3. The summed E-state index contributed by atoms with van der Waals surface area (Å²) in [6.07, 6.45) is 5.34. The van der Waals surface area contributed by atoms with E-state index < -0.39 is 0 Å². The largest absolute Gasteiger partial charge is 0.497 e. The molecule has 0 radical (unpaired) electrons. The fraction of sp³-hybridized carbons (Fsp3) is 0.667. The first-order chi connectivity index (χ1) is 13.3. The summed E-state index contributed by atoms with van der Waals surface area (Å²) < 4.78 is 16.3. The highest BCUT2D eigenvalue weighted by atomic mass is 127. The molecule has 0 atom stereocenters. The van der Waals surface area contributed by atoms with Crippen LogP contribution >= 0.6 is 24.0 Å². The van der Waals surface area contributed by atoms with Crippen LogP contribution in [0.2, 0.25) is 0 Å². The molecule has 0 saturated carbocycles. The molecule has 28 heavy (non-hydrogen) atoms. The van der Waals surface area contributed by atoms with Gasteiger partial charge in [-0.15, -0.1) is 24.0 Å². The lowest BCUT2D eigenvalue weighted by molar-refractivity contribution is 0.0203. The summed E-state index contributed by atoms with van der Waals surface area (Å²) in [6.45, 7) is 5.19. The number of halogens is 1. The molecule has 1 aromatic carbocycles. The highest BCUT2D eigenvalue weighted by Crippen LogP contribution is 2.14. The number of nitrogens with zero attached hydrogens (tertiary/aromatic N) is 1. The zero-order valence-electron chi connectivity index (χ0n) is 17.2. The summed E-state index contributed by atoms with van der Waals surface area (Å²) in [5.41, 5.74) is 1.32. The fourth-order valence-electron chi connectivity index (χ4n) is 3.06.